The standard InChI is InChI=1S/C20H38O4/c1-8-15-11(4)12(5)20(23-16(15)9-2)24-19-13(6)18(21)14(7)22-17(19)10-3/h11-21H,8-10H2,1-7H3/t11-,12?,13-,14?,15-,16?,17?,18?,19-,20+/m1/s1. The van der Waals surface area contributed by atoms with Crippen LogP contribution in [-0.2, 0) is 14.2 Å². The van der Waals surface area contributed by atoms with E-state index >= 15 is 0 Å². The van der Waals surface area contributed by atoms with E-state index in [0.29, 0.717) is 17.8 Å². The molecule has 2 aliphatic rings. The lowest BCUT2D eigenvalue weighted by atomic mass is 9.75. The predicted molar refractivity (Wildman–Crippen MR) is 95.7 cm³/mol. The van der Waals surface area contributed by atoms with Gasteiger partial charge in [-0.1, -0.05) is 48.0 Å². The van der Waals surface area contributed by atoms with Gasteiger partial charge in [0, 0.05) is 11.8 Å². The summed E-state index contributed by atoms with van der Waals surface area (Å²) in [5.74, 6) is 1.56. The van der Waals surface area contributed by atoms with Gasteiger partial charge in [0.05, 0.1) is 30.5 Å². The molecule has 0 radical (unpaired) electrons. The smallest absolute Gasteiger partial charge is 0.161 e. The van der Waals surface area contributed by atoms with Crippen molar-refractivity contribution in [2.45, 2.75) is 105 Å². The van der Waals surface area contributed by atoms with Crippen LogP contribution < -0.4 is 0 Å². The van der Waals surface area contributed by atoms with Crippen LogP contribution in [0.4, 0.5) is 0 Å². The van der Waals surface area contributed by atoms with Crippen LogP contribution in [0.2, 0.25) is 0 Å². The number of rotatable bonds is 5. The molecule has 0 bridgehead atoms. The van der Waals surface area contributed by atoms with Crippen molar-refractivity contribution in [2.24, 2.45) is 23.7 Å². The van der Waals surface area contributed by atoms with Crippen LogP contribution >= 0.6 is 0 Å². The molecular weight excluding hydrogens is 304 g/mol. The second-order valence-electron chi connectivity index (χ2n) is 7.98. The van der Waals surface area contributed by atoms with Crippen molar-refractivity contribution < 1.29 is 19.3 Å². The van der Waals surface area contributed by atoms with Crippen LogP contribution in [0.3, 0.4) is 0 Å². The molecule has 4 nitrogen and oxygen atoms in total. The Morgan fingerprint density at radius 1 is 0.792 bits per heavy atom. The third-order valence-corrected chi connectivity index (χ3v) is 6.58. The zero-order valence-electron chi connectivity index (χ0n) is 16.6. The summed E-state index contributed by atoms with van der Waals surface area (Å²) in [5, 5.41) is 10.4. The number of ether oxygens (including phenoxy) is 3. The highest BCUT2D eigenvalue weighted by Gasteiger charge is 2.46. The normalized spacial score (nSPS) is 50.0. The van der Waals surface area contributed by atoms with Gasteiger partial charge in [-0.2, -0.15) is 0 Å². The second-order valence-corrected chi connectivity index (χ2v) is 7.98. The van der Waals surface area contributed by atoms with E-state index in [1.165, 1.54) is 0 Å². The quantitative estimate of drug-likeness (QED) is 0.820. The minimum atomic E-state index is -0.487. The van der Waals surface area contributed by atoms with E-state index in [-0.39, 0.29) is 36.6 Å². The topological polar surface area (TPSA) is 47.9 Å². The van der Waals surface area contributed by atoms with Gasteiger partial charge in [0.25, 0.3) is 0 Å². The average Bonchev–Trinajstić information content (AvgIpc) is 2.58. The minimum Gasteiger partial charge on any atom is -0.390 e. The van der Waals surface area contributed by atoms with E-state index < -0.39 is 6.10 Å². The molecule has 10 atom stereocenters. The van der Waals surface area contributed by atoms with Crippen LogP contribution in [0.15, 0.2) is 0 Å². The first-order chi connectivity index (χ1) is 11.3. The number of aliphatic hydroxyl groups is 1. The molecule has 0 aromatic heterocycles. The summed E-state index contributed by atoms with van der Waals surface area (Å²) in [6, 6.07) is 0. The molecule has 24 heavy (non-hydrogen) atoms. The first-order valence-corrected chi connectivity index (χ1v) is 9.99. The zero-order chi connectivity index (χ0) is 18.0. The van der Waals surface area contributed by atoms with Crippen molar-refractivity contribution in [1.82, 2.24) is 0 Å². The lowest BCUT2D eigenvalue weighted by Gasteiger charge is -2.48. The Bertz CT molecular complexity index is 384. The van der Waals surface area contributed by atoms with Crippen LogP contribution in [-0.4, -0.2) is 41.9 Å². The van der Waals surface area contributed by atoms with Crippen LogP contribution in [0, 0.1) is 23.7 Å². The van der Waals surface area contributed by atoms with Crippen molar-refractivity contribution in [1.29, 1.82) is 0 Å². The Balaban J connectivity index is 2.12. The zero-order valence-corrected chi connectivity index (χ0v) is 16.6. The summed E-state index contributed by atoms with van der Waals surface area (Å²) in [6.07, 6.45) is 2.38. The Morgan fingerprint density at radius 3 is 1.96 bits per heavy atom. The average molecular weight is 343 g/mol. The summed E-state index contributed by atoms with van der Waals surface area (Å²) in [5.41, 5.74) is 0. The minimum absolute atomic E-state index is 0.0217. The molecule has 0 aromatic rings. The Labute approximate surface area is 148 Å². The second kappa shape index (κ2) is 8.48. The van der Waals surface area contributed by atoms with Gasteiger partial charge in [-0.25, -0.2) is 0 Å². The Morgan fingerprint density at radius 2 is 1.42 bits per heavy atom. The van der Waals surface area contributed by atoms with Gasteiger partial charge >= 0.3 is 0 Å². The molecule has 2 heterocycles. The molecule has 0 amide bonds. The summed E-state index contributed by atoms with van der Waals surface area (Å²) >= 11 is 0. The number of hydrogen-bond acceptors (Lipinski definition) is 4. The fourth-order valence-electron chi connectivity index (χ4n) is 4.65. The highest BCUT2D eigenvalue weighted by Crippen LogP contribution is 2.40. The lowest BCUT2D eigenvalue weighted by molar-refractivity contribution is -0.305. The van der Waals surface area contributed by atoms with Gasteiger partial charge in [0.2, 0.25) is 0 Å². The summed E-state index contributed by atoms with van der Waals surface area (Å²) < 4.78 is 18.8. The third-order valence-electron chi connectivity index (χ3n) is 6.58. The van der Waals surface area contributed by atoms with Gasteiger partial charge in [0.1, 0.15) is 0 Å². The highest BCUT2D eigenvalue weighted by molar-refractivity contribution is 4.91. The van der Waals surface area contributed by atoms with Crippen LogP contribution in [0.5, 0.6) is 0 Å². The molecule has 2 saturated heterocycles. The fourth-order valence-corrected chi connectivity index (χ4v) is 4.65. The van der Waals surface area contributed by atoms with Gasteiger partial charge < -0.3 is 19.3 Å². The van der Waals surface area contributed by atoms with Crippen LogP contribution in [0.1, 0.15) is 67.7 Å². The number of hydrogen-bond donors (Lipinski definition) is 1. The molecule has 2 fully saturated rings. The van der Waals surface area contributed by atoms with E-state index in [9.17, 15) is 5.11 Å². The summed E-state index contributed by atoms with van der Waals surface area (Å²) in [7, 11) is 0. The van der Waals surface area contributed by atoms with Crippen molar-refractivity contribution in [3.63, 3.8) is 0 Å². The Hall–Kier alpha value is -0.160. The fraction of sp³-hybridized carbons (Fsp3) is 1.00. The van der Waals surface area contributed by atoms with Crippen molar-refractivity contribution in [3.8, 4) is 0 Å². The number of aliphatic hydroxyl groups excluding tert-OH is 1. The summed E-state index contributed by atoms with van der Waals surface area (Å²) in [6.45, 7) is 15.1. The molecule has 0 spiro atoms. The maximum atomic E-state index is 10.4. The molecule has 2 aliphatic heterocycles. The van der Waals surface area contributed by atoms with E-state index in [1.54, 1.807) is 0 Å². The first kappa shape index (κ1) is 20.2. The third kappa shape index (κ3) is 3.82. The van der Waals surface area contributed by atoms with E-state index in [1.807, 2.05) is 6.92 Å². The molecule has 0 aliphatic carbocycles. The maximum absolute atomic E-state index is 10.4. The SMILES string of the molecule is CCC1O[C@@H](O[C@H]2C(CC)OC(C)C(O)[C@H]2C)C(C)[C@@H](C)[C@H]1CC. The van der Waals surface area contributed by atoms with Gasteiger partial charge in [0.15, 0.2) is 6.29 Å². The summed E-state index contributed by atoms with van der Waals surface area (Å²) in [4.78, 5) is 0. The molecule has 4 heteroatoms. The maximum Gasteiger partial charge on any atom is 0.161 e. The van der Waals surface area contributed by atoms with Gasteiger partial charge in [-0.05, 0) is 31.6 Å². The molecule has 142 valence electrons. The van der Waals surface area contributed by atoms with Crippen molar-refractivity contribution in [2.75, 3.05) is 0 Å². The molecule has 1 N–H and O–H groups in total. The molecule has 0 saturated carbocycles. The van der Waals surface area contributed by atoms with Crippen molar-refractivity contribution >= 4 is 0 Å². The molecular formula is C20H38O4. The molecule has 2 rings (SSSR count). The van der Waals surface area contributed by atoms with Gasteiger partial charge in [-0.15, -0.1) is 0 Å². The molecule has 5 unspecified atom stereocenters. The van der Waals surface area contributed by atoms with E-state index in [2.05, 4.69) is 41.5 Å². The monoisotopic (exact) mass is 342 g/mol. The highest BCUT2D eigenvalue weighted by atomic mass is 16.7. The first-order valence-electron chi connectivity index (χ1n) is 9.99. The van der Waals surface area contributed by atoms with Crippen molar-refractivity contribution in [3.05, 3.63) is 0 Å². The van der Waals surface area contributed by atoms with Crippen LogP contribution in [0.25, 0.3) is 0 Å². The Kier molecular flexibility index (Phi) is 7.12. The van der Waals surface area contributed by atoms with Gasteiger partial charge in [-0.3, -0.25) is 0 Å². The van der Waals surface area contributed by atoms with E-state index in [4.69, 9.17) is 14.2 Å². The molecule has 0 aromatic carbocycles. The lowest BCUT2D eigenvalue weighted by Crippen LogP contribution is -2.56. The van der Waals surface area contributed by atoms with E-state index in [0.717, 1.165) is 19.3 Å². The largest absolute Gasteiger partial charge is 0.390 e. The predicted octanol–water partition coefficient (Wildman–Crippen LogP) is 4.00.